The van der Waals surface area contributed by atoms with E-state index in [2.05, 4.69) is 0 Å². The first-order chi connectivity index (χ1) is 13.1. The molecule has 0 bridgehead atoms. The quantitative estimate of drug-likeness (QED) is 0.849. The van der Waals surface area contributed by atoms with Crippen molar-refractivity contribution in [2.45, 2.75) is 51.6 Å². The third-order valence-corrected chi connectivity index (χ3v) is 5.30. The van der Waals surface area contributed by atoms with Gasteiger partial charge in [0.05, 0.1) is 11.8 Å². The summed E-state index contributed by atoms with van der Waals surface area (Å²) in [5.74, 6) is -0.326. The molecule has 2 heterocycles. The van der Waals surface area contributed by atoms with Crippen molar-refractivity contribution >= 4 is 16.9 Å². The van der Waals surface area contributed by atoms with Gasteiger partial charge >= 0.3 is 6.18 Å². The smallest absolute Gasteiger partial charge is 0.393 e. The Kier molecular flexibility index (Phi) is 5.41. The number of benzene rings is 1. The molecule has 1 aliphatic rings. The van der Waals surface area contributed by atoms with Crippen LogP contribution in [0.15, 0.2) is 21.3 Å². The molecule has 1 aliphatic heterocycles. The number of rotatable bonds is 3. The van der Waals surface area contributed by atoms with E-state index >= 15 is 0 Å². The topological polar surface area (TPSA) is 70.8 Å². The molecule has 0 saturated carbocycles. The number of amides is 1. The zero-order valence-electron chi connectivity index (χ0n) is 15.7. The van der Waals surface area contributed by atoms with Crippen molar-refractivity contribution in [1.29, 1.82) is 0 Å². The Labute approximate surface area is 159 Å². The third kappa shape index (κ3) is 3.86. The van der Waals surface area contributed by atoms with Crippen LogP contribution in [-0.2, 0) is 11.2 Å². The van der Waals surface area contributed by atoms with E-state index in [9.17, 15) is 27.9 Å². The van der Waals surface area contributed by atoms with Crippen LogP contribution in [0.4, 0.5) is 13.2 Å². The number of phenols is 1. The molecule has 5 nitrogen and oxygen atoms in total. The molecule has 1 amide bonds. The number of nitrogens with zero attached hydrogens (tertiary/aromatic N) is 1. The fourth-order valence-electron chi connectivity index (χ4n) is 3.79. The van der Waals surface area contributed by atoms with Crippen LogP contribution in [-0.4, -0.2) is 35.2 Å². The summed E-state index contributed by atoms with van der Waals surface area (Å²) in [4.78, 5) is 26.3. The maximum Gasteiger partial charge on any atom is 0.393 e. The van der Waals surface area contributed by atoms with Crippen LogP contribution in [0.5, 0.6) is 5.75 Å². The first kappa shape index (κ1) is 20.2. The van der Waals surface area contributed by atoms with Crippen molar-refractivity contribution in [3.63, 3.8) is 0 Å². The van der Waals surface area contributed by atoms with Crippen molar-refractivity contribution < 1.29 is 27.5 Å². The minimum absolute atomic E-state index is 0.0249. The standard InChI is InChI=1S/C20H22F3NO4/c1-3-16(26)24-8-6-12(7-9-24)18-11(2)17(27)13-4-5-15(25)14(19(13)28-18)10-20(21,22)23/h4-5,12,25H,3,6-10H2,1-2H3. The Balaban J connectivity index is 2.05. The number of alkyl halides is 3. The highest BCUT2D eigenvalue weighted by Gasteiger charge is 2.32. The van der Waals surface area contributed by atoms with Crippen molar-refractivity contribution in [3.8, 4) is 5.75 Å². The molecule has 0 atom stereocenters. The minimum Gasteiger partial charge on any atom is -0.508 e. The summed E-state index contributed by atoms with van der Waals surface area (Å²) in [5.41, 5.74) is -0.680. The average molecular weight is 397 g/mol. The molecule has 0 spiro atoms. The fraction of sp³-hybridized carbons (Fsp3) is 0.500. The molecule has 0 unspecified atom stereocenters. The van der Waals surface area contributed by atoms with Crippen LogP contribution in [0.3, 0.4) is 0 Å². The van der Waals surface area contributed by atoms with Crippen molar-refractivity contribution in [1.82, 2.24) is 4.90 Å². The Hall–Kier alpha value is -2.51. The van der Waals surface area contributed by atoms with Gasteiger partial charge in [-0.15, -0.1) is 0 Å². The van der Waals surface area contributed by atoms with E-state index < -0.39 is 29.3 Å². The fourth-order valence-corrected chi connectivity index (χ4v) is 3.79. The Bertz CT molecular complexity index is 957. The summed E-state index contributed by atoms with van der Waals surface area (Å²) in [7, 11) is 0. The number of fused-ring (bicyclic) bond motifs is 1. The lowest BCUT2D eigenvalue weighted by molar-refractivity contribution is -0.132. The molecule has 28 heavy (non-hydrogen) atoms. The number of carbonyl (C=O) groups excluding carboxylic acids is 1. The predicted octanol–water partition coefficient (Wildman–Crippen LogP) is 4.03. The number of carbonyl (C=O) groups is 1. The molecule has 152 valence electrons. The second-order valence-corrected chi connectivity index (χ2v) is 7.16. The second-order valence-electron chi connectivity index (χ2n) is 7.16. The molecular weight excluding hydrogens is 375 g/mol. The van der Waals surface area contributed by atoms with Crippen LogP contribution < -0.4 is 5.43 Å². The molecule has 0 aliphatic carbocycles. The van der Waals surface area contributed by atoms with Gasteiger partial charge in [-0.1, -0.05) is 6.92 Å². The van der Waals surface area contributed by atoms with E-state index in [1.807, 2.05) is 0 Å². The second kappa shape index (κ2) is 7.48. The van der Waals surface area contributed by atoms with Crippen LogP contribution in [0.2, 0.25) is 0 Å². The van der Waals surface area contributed by atoms with E-state index in [0.717, 1.165) is 6.07 Å². The van der Waals surface area contributed by atoms with E-state index in [1.165, 1.54) is 6.07 Å². The van der Waals surface area contributed by atoms with Gasteiger partial charge in [-0.3, -0.25) is 9.59 Å². The zero-order chi connectivity index (χ0) is 20.6. The van der Waals surface area contributed by atoms with Gasteiger partial charge in [-0.05, 0) is 31.9 Å². The number of hydrogen-bond acceptors (Lipinski definition) is 4. The summed E-state index contributed by atoms with van der Waals surface area (Å²) < 4.78 is 44.7. The monoisotopic (exact) mass is 397 g/mol. The third-order valence-electron chi connectivity index (χ3n) is 5.30. The molecule has 1 saturated heterocycles. The molecular formula is C20H22F3NO4. The normalized spacial score (nSPS) is 16.0. The van der Waals surface area contributed by atoms with Gasteiger partial charge in [0, 0.05) is 36.6 Å². The SMILES string of the molecule is CCC(=O)N1CCC(c2oc3c(CC(F)(F)F)c(O)ccc3c(=O)c2C)CC1. The molecule has 1 N–H and O–H groups in total. The highest BCUT2D eigenvalue weighted by Crippen LogP contribution is 2.36. The number of hydrogen-bond donors (Lipinski definition) is 1. The average Bonchev–Trinajstić information content (AvgIpc) is 2.65. The Morgan fingerprint density at radius 3 is 2.50 bits per heavy atom. The van der Waals surface area contributed by atoms with Crippen LogP contribution in [0.25, 0.3) is 11.0 Å². The molecule has 1 aromatic heterocycles. The maximum absolute atomic E-state index is 13.0. The summed E-state index contributed by atoms with van der Waals surface area (Å²) in [6.45, 7) is 4.40. The molecule has 8 heteroatoms. The maximum atomic E-state index is 13.0. The zero-order valence-corrected chi connectivity index (χ0v) is 15.7. The number of halogens is 3. The van der Waals surface area contributed by atoms with Gasteiger partial charge in [-0.25, -0.2) is 0 Å². The van der Waals surface area contributed by atoms with Gasteiger partial charge in [0.25, 0.3) is 0 Å². The van der Waals surface area contributed by atoms with Gasteiger partial charge in [-0.2, -0.15) is 13.2 Å². The first-order valence-corrected chi connectivity index (χ1v) is 9.25. The Morgan fingerprint density at radius 1 is 1.29 bits per heavy atom. The van der Waals surface area contributed by atoms with Gasteiger partial charge in [0.2, 0.25) is 5.91 Å². The first-order valence-electron chi connectivity index (χ1n) is 9.25. The predicted molar refractivity (Wildman–Crippen MR) is 97.5 cm³/mol. The van der Waals surface area contributed by atoms with Crippen molar-refractivity contribution in [2.75, 3.05) is 13.1 Å². The van der Waals surface area contributed by atoms with Gasteiger partial charge in [0.1, 0.15) is 17.1 Å². The highest BCUT2D eigenvalue weighted by atomic mass is 19.4. The van der Waals surface area contributed by atoms with Crippen molar-refractivity contribution in [3.05, 3.63) is 39.2 Å². The highest BCUT2D eigenvalue weighted by molar-refractivity contribution is 5.83. The van der Waals surface area contributed by atoms with Crippen molar-refractivity contribution in [2.24, 2.45) is 0 Å². The number of piperidine rings is 1. The molecule has 2 aromatic rings. The molecule has 1 fully saturated rings. The van der Waals surface area contributed by atoms with E-state index in [0.29, 0.717) is 43.7 Å². The molecule has 0 radical (unpaired) electrons. The molecule has 1 aromatic carbocycles. The summed E-state index contributed by atoms with van der Waals surface area (Å²) in [6, 6.07) is 2.38. The van der Waals surface area contributed by atoms with Crippen LogP contribution >= 0.6 is 0 Å². The minimum atomic E-state index is -4.55. The van der Waals surface area contributed by atoms with Crippen LogP contribution in [0.1, 0.15) is 49.0 Å². The number of phenolic OH excluding ortho intramolecular Hbond substituents is 1. The van der Waals surface area contributed by atoms with Gasteiger partial charge < -0.3 is 14.4 Å². The summed E-state index contributed by atoms with van der Waals surface area (Å²) in [6.07, 6.45) is -4.40. The lowest BCUT2D eigenvalue weighted by Gasteiger charge is -2.32. The largest absolute Gasteiger partial charge is 0.508 e. The van der Waals surface area contributed by atoms with E-state index in [1.54, 1.807) is 18.7 Å². The summed E-state index contributed by atoms with van der Waals surface area (Å²) in [5, 5.41) is 9.97. The van der Waals surface area contributed by atoms with E-state index in [-0.39, 0.29) is 22.8 Å². The number of likely N-dealkylation sites (tertiary alicyclic amines) is 1. The molecule has 3 rings (SSSR count). The van der Waals surface area contributed by atoms with Gasteiger partial charge in [0.15, 0.2) is 5.43 Å². The Morgan fingerprint density at radius 2 is 1.93 bits per heavy atom. The lowest BCUT2D eigenvalue weighted by atomic mass is 9.90. The van der Waals surface area contributed by atoms with E-state index in [4.69, 9.17) is 4.42 Å². The number of aromatic hydroxyl groups is 1. The van der Waals surface area contributed by atoms with Crippen LogP contribution in [0, 0.1) is 6.92 Å². The lowest BCUT2D eigenvalue weighted by Crippen LogP contribution is -2.37. The summed E-state index contributed by atoms with van der Waals surface area (Å²) >= 11 is 0.